The van der Waals surface area contributed by atoms with Gasteiger partial charge in [0.15, 0.2) is 0 Å². The highest BCUT2D eigenvalue weighted by atomic mass is 32.2. The van der Waals surface area contributed by atoms with Crippen molar-refractivity contribution in [2.45, 2.75) is 56.4 Å². The van der Waals surface area contributed by atoms with Crippen molar-refractivity contribution >= 4 is 16.0 Å². The first-order valence-electron chi connectivity index (χ1n) is 8.36. The van der Waals surface area contributed by atoms with Gasteiger partial charge in [0.2, 0.25) is 15.8 Å². The third-order valence-corrected chi connectivity index (χ3v) is 5.82. The van der Waals surface area contributed by atoms with Crippen LogP contribution < -0.4 is 10.0 Å². The van der Waals surface area contributed by atoms with E-state index in [0.717, 1.165) is 12.8 Å². The number of carbonyl (C=O) groups excluding carboxylic acids is 1. The summed E-state index contributed by atoms with van der Waals surface area (Å²) in [6.07, 6.45) is 7.33. The van der Waals surface area contributed by atoms with Crippen LogP contribution in [0.15, 0.2) is 15.4 Å². The number of ether oxygens (including phenoxy) is 1. The Morgan fingerprint density at radius 3 is 2.54 bits per heavy atom. The molecule has 0 saturated heterocycles. The van der Waals surface area contributed by atoms with Gasteiger partial charge >= 0.3 is 5.97 Å². The average molecular weight is 358 g/mol. The Morgan fingerprint density at radius 1 is 1.25 bits per heavy atom. The van der Waals surface area contributed by atoms with Crippen molar-refractivity contribution in [2.75, 3.05) is 20.2 Å². The number of furan rings is 1. The molecule has 2 N–H and O–H groups in total. The van der Waals surface area contributed by atoms with E-state index in [2.05, 4.69) is 14.8 Å². The van der Waals surface area contributed by atoms with E-state index in [-0.39, 0.29) is 23.0 Å². The smallest absolute Gasteiger partial charge is 0.373 e. The van der Waals surface area contributed by atoms with E-state index in [1.807, 2.05) is 0 Å². The number of nitrogens with one attached hydrogen (secondary N) is 2. The molecule has 1 fully saturated rings. The third kappa shape index (κ3) is 5.06. The van der Waals surface area contributed by atoms with Gasteiger partial charge in [0.25, 0.3) is 0 Å². The number of esters is 1. The van der Waals surface area contributed by atoms with E-state index in [9.17, 15) is 13.2 Å². The number of aryl methyl sites for hydroxylation is 1. The second-order valence-electron chi connectivity index (χ2n) is 6.06. The zero-order valence-electron chi connectivity index (χ0n) is 14.3. The molecule has 1 saturated carbocycles. The van der Waals surface area contributed by atoms with Gasteiger partial charge in [-0.15, -0.1) is 0 Å². The molecular formula is C16H26N2O5S. The van der Waals surface area contributed by atoms with Crippen LogP contribution in [-0.2, 0) is 14.8 Å². The topological polar surface area (TPSA) is 97.6 Å². The minimum absolute atomic E-state index is 0.0302. The minimum Gasteiger partial charge on any atom is -0.463 e. The average Bonchev–Trinajstić information content (AvgIpc) is 2.78. The van der Waals surface area contributed by atoms with Crippen LogP contribution in [0.2, 0.25) is 0 Å². The van der Waals surface area contributed by atoms with Gasteiger partial charge in [0.1, 0.15) is 10.7 Å². The number of rotatable bonds is 7. The summed E-state index contributed by atoms with van der Waals surface area (Å²) in [6, 6.07) is 1.67. The highest BCUT2D eigenvalue weighted by Crippen LogP contribution is 2.20. The fourth-order valence-electron chi connectivity index (χ4n) is 2.96. The van der Waals surface area contributed by atoms with Crippen LogP contribution in [0.3, 0.4) is 0 Å². The summed E-state index contributed by atoms with van der Waals surface area (Å²) >= 11 is 0. The van der Waals surface area contributed by atoms with Crippen LogP contribution in [0.5, 0.6) is 0 Å². The summed E-state index contributed by atoms with van der Waals surface area (Å²) in [5.74, 6) is -0.652. The first-order valence-corrected chi connectivity index (χ1v) is 9.84. The molecule has 0 aromatic carbocycles. The lowest BCUT2D eigenvalue weighted by Crippen LogP contribution is -2.36. The molecule has 0 bridgehead atoms. The second-order valence-corrected chi connectivity index (χ2v) is 7.80. The first kappa shape index (κ1) is 19.0. The molecule has 0 aliphatic heterocycles. The molecule has 0 amide bonds. The SMILES string of the molecule is COC(=O)c1cc(S(=O)(=O)NCCNC2CCCCCC2)c(C)o1. The van der Waals surface area contributed by atoms with E-state index < -0.39 is 16.0 Å². The van der Waals surface area contributed by atoms with Gasteiger partial charge in [0.05, 0.1) is 7.11 Å². The first-order chi connectivity index (χ1) is 11.4. The fraction of sp³-hybridized carbons (Fsp3) is 0.688. The van der Waals surface area contributed by atoms with Crippen LogP contribution >= 0.6 is 0 Å². The predicted octanol–water partition coefficient (Wildman–Crippen LogP) is 1.97. The van der Waals surface area contributed by atoms with Crippen molar-refractivity contribution < 1.29 is 22.4 Å². The van der Waals surface area contributed by atoms with Gasteiger partial charge in [-0.25, -0.2) is 17.9 Å². The van der Waals surface area contributed by atoms with Crippen LogP contribution in [0.25, 0.3) is 0 Å². The third-order valence-electron chi connectivity index (χ3n) is 4.25. The number of carbonyl (C=O) groups is 1. The molecular weight excluding hydrogens is 332 g/mol. The monoisotopic (exact) mass is 358 g/mol. The standard InChI is InChI=1S/C16H26N2O5S/c1-12-15(11-14(23-12)16(19)22-2)24(20,21)18-10-9-17-13-7-5-3-4-6-8-13/h11,13,17-18H,3-10H2,1-2H3. The number of methoxy groups -OCH3 is 1. The molecule has 7 nitrogen and oxygen atoms in total. The van der Waals surface area contributed by atoms with E-state index >= 15 is 0 Å². The van der Waals surface area contributed by atoms with Crippen molar-refractivity contribution in [3.8, 4) is 0 Å². The molecule has 1 aromatic rings. The van der Waals surface area contributed by atoms with Crippen molar-refractivity contribution in [1.82, 2.24) is 10.0 Å². The maximum Gasteiger partial charge on any atom is 0.373 e. The summed E-state index contributed by atoms with van der Waals surface area (Å²) < 4.78 is 36.9. The minimum atomic E-state index is -3.71. The van der Waals surface area contributed by atoms with E-state index in [0.29, 0.717) is 12.6 Å². The Kier molecular flexibility index (Phi) is 6.82. The predicted molar refractivity (Wildman–Crippen MR) is 89.5 cm³/mol. The Morgan fingerprint density at radius 2 is 1.92 bits per heavy atom. The van der Waals surface area contributed by atoms with Crippen molar-refractivity contribution in [3.63, 3.8) is 0 Å². The zero-order valence-corrected chi connectivity index (χ0v) is 15.1. The summed E-state index contributed by atoms with van der Waals surface area (Å²) in [4.78, 5) is 11.4. The molecule has 0 unspecified atom stereocenters. The number of hydrogen-bond donors (Lipinski definition) is 2. The molecule has 1 heterocycles. The van der Waals surface area contributed by atoms with Crippen LogP contribution in [0.1, 0.15) is 54.8 Å². The molecule has 8 heteroatoms. The largest absolute Gasteiger partial charge is 0.463 e. The molecule has 1 aliphatic carbocycles. The summed E-state index contributed by atoms with van der Waals surface area (Å²) in [5, 5.41) is 3.41. The van der Waals surface area contributed by atoms with Crippen molar-refractivity contribution in [2.24, 2.45) is 0 Å². The number of sulfonamides is 1. The Labute approximate surface area is 143 Å². The normalized spacial score (nSPS) is 16.8. The highest BCUT2D eigenvalue weighted by molar-refractivity contribution is 7.89. The second kappa shape index (κ2) is 8.64. The number of hydrogen-bond acceptors (Lipinski definition) is 6. The molecule has 136 valence electrons. The molecule has 1 aliphatic rings. The fourth-order valence-corrected chi connectivity index (χ4v) is 4.16. The van der Waals surface area contributed by atoms with Gasteiger partial charge in [0, 0.05) is 25.2 Å². The lowest BCUT2D eigenvalue weighted by molar-refractivity contribution is 0.0563. The quantitative estimate of drug-likeness (QED) is 0.439. The summed E-state index contributed by atoms with van der Waals surface area (Å²) in [5.41, 5.74) is 0. The lowest BCUT2D eigenvalue weighted by Gasteiger charge is -2.16. The lowest BCUT2D eigenvalue weighted by atomic mass is 10.1. The Bertz CT molecular complexity index is 645. The Hall–Kier alpha value is -1.38. The molecule has 0 atom stereocenters. The van der Waals surface area contributed by atoms with Gasteiger partial charge in [-0.3, -0.25) is 0 Å². The van der Waals surface area contributed by atoms with Gasteiger partial charge in [-0.05, 0) is 19.8 Å². The maximum atomic E-state index is 12.3. The van der Waals surface area contributed by atoms with E-state index in [1.165, 1.54) is 45.8 Å². The zero-order chi connectivity index (χ0) is 17.6. The molecule has 1 aromatic heterocycles. The van der Waals surface area contributed by atoms with Gasteiger partial charge in [-0.1, -0.05) is 25.7 Å². The van der Waals surface area contributed by atoms with Gasteiger partial charge < -0.3 is 14.5 Å². The Balaban J connectivity index is 1.87. The molecule has 0 radical (unpaired) electrons. The molecule has 0 spiro atoms. The maximum absolute atomic E-state index is 12.3. The van der Waals surface area contributed by atoms with Crippen LogP contribution in [0.4, 0.5) is 0 Å². The summed E-state index contributed by atoms with van der Waals surface area (Å²) in [6.45, 7) is 2.37. The molecule has 2 rings (SSSR count). The summed E-state index contributed by atoms with van der Waals surface area (Å²) in [7, 11) is -2.50. The molecule has 24 heavy (non-hydrogen) atoms. The van der Waals surface area contributed by atoms with Crippen molar-refractivity contribution in [3.05, 3.63) is 17.6 Å². The van der Waals surface area contributed by atoms with Crippen molar-refractivity contribution in [1.29, 1.82) is 0 Å². The van der Waals surface area contributed by atoms with E-state index in [1.54, 1.807) is 0 Å². The van der Waals surface area contributed by atoms with E-state index in [4.69, 9.17) is 4.42 Å². The van der Waals surface area contributed by atoms with Crippen LogP contribution in [-0.4, -0.2) is 40.6 Å². The van der Waals surface area contributed by atoms with Crippen LogP contribution in [0, 0.1) is 6.92 Å². The highest BCUT2D eigenvalue weighted by Gasteiger charge is 2.24. The van der Waals surface area contributed by atoms with Gasteiger partial charge in [-0.2, -0.15) is 0 Å².